The molecule has 0 aromatic carbocycles. The van der Waals surface area contributed by atoms with Crippen molar-refractivity contribution < 1.29 is 13.2 Å². The lowest BCUT2D eigenvalue weighted by Crippen LogP contribution is -2.26. The first-order valence-electron chi connectivity index (χ1n) is 5.82. The third kappa shape index (κ3) is 10.2. The van der Waals surface area contributed by atoms with E-state index in [1.54, 1.807) is 0 Å². The molecule has 1 unspecified atom stereocenters. The van der Waals surface area contributed by atoms with Gasteiger partial charge in [-0.2, -0.15) is 13.2 Å². The first-order chi connectivity index (χ1) is 7.35. The minimum absolute atomic E-state index is 0.00245. The van der Waals surface area contributed by atoms with Gasteiger partial charge < -0.3 is 11.1 Å². The highest BCUT2D eigenvalue weighted by atomic mass is 19.4. The van der Waals surface area contributed by atoms with Crippen molar-refractivity contribution in [3.05, 3.63) is 0 Å². The van der Waals surface area contributed by atoms with Crippen LogP contribution in [0, 0.1) is 11.8 Å². The second-order valence-corrected chi connectivity index (χ2v) is 4.64. The molecule has 0 aliphatic carbocycles. The van der Waals surface area contributed by atoms with Crippen molar-refractivity contribution in [1.82, 2.24) is 5.32 Å². The zero-order valence-corrected chi connectivity index (χ0v) is 10.1. The van der Waals surface area contributed by atoms with Crippen LogP contribution in [0.5, 0.6) is 0 Å². The number of nitrogens with one attached hydrogen (secondary N) is 1. The summed E-state index contributed by atoms with van der Waals surface area (Å²) >= 11 is 0. The number of halogens is 3. The Bertz CT molecular complexity index is 169. The Balaban J connectivity index is 3.48. The molecule has 0 bridgehead atoms. The predicted molar refractivity (Wildman–Crippen MR) is 60.2 cm³/mol. The van der Waals surface area contributed by atoms with Gasteiger partial charge in [0, 0.05) is 6.54 Å². The Morgan fingerprint density at radius 2 is 1.81 bits per heavy atom. The van der Waals surface area contributed by atoms with Gasteiger partial charge in [-0.15, -0.1) is 0 Å². The second kappa shape index (κ2) is 7.90. The molecule has 0 aliphatic rings. The van der Waals surface area contributed by atoms with Gasteiger partial charge in [-0.05, 0) is 37.8 Å². The quantitative estimate of drug-likeness (QED) is 0.640. The molecule has 0 aliphatic heterocycles. The van der Waals surface area contributed by atoms with Crippen molar-refractivity contribution in [2.75, 3.05) is 19.6 Å². The van der Waals surface area contributed by atoms with E-state index in [0.717, 1.165) is 12.8 Å². The molecule has 0 amide bonds. The van der Waals surface area contributed by atoms with Gasteiger partial charge in [0.15, 0.2) is 0 Å². The summed E-state index contributed by atoms with van der Waals surface area (Å²) in [6.07, 6.45) is -2.92. The molecule has 0 spiro atoms. The third-order valence-electron chi connectivity index (χ3n) is 2.45. The van der Waals surface area contributed by atoms with Gasteiger partial charge in [-0.3, -0.25) is 0 Å². The van der Waals surface area contributed by atoms with E-state index in [0.29, 0.717) is 24.9 Å². The van der Waals surface area contributed by atoms with Gasteiger partial charge in [0.2, 0.25) is 0 Å². The zero-order chi connectivity index (χ0) is 12.6. The lowest BCUT2D eigenvalue weighted by Gasteiger charge is -2.17. The zero-order valence-electron chi connectivity index (χ0n) is 10.1. The van der Waals surface area contributed by atoms with Crippen LogP contribution in [-0.2, 0) is 0 Å². The number of nitrogens with two attached hydrogens (primary N) is 1. The van der Waals surface area contributed by atoms with Gasteiger partial charge >= 0.3 is 6.18 Å². The molecular formula is C11H23F3N2. The van der Waals surface area contributed by atoms with Crippen molar-refractivity contribution in [3.63, 3.8) is 0 Å². The maximum absolute atomic E-state index is 11.8. The van der Waals surface area contributed by atoms with Crippen LogP contribution in [-0.4, -0.2) is 25.8 Å². The van der Waals surface area contributed by atoms with E-state index in [2.05, 4.69) is 19.2 Å². The van der Waals surface area contributed by atoms with E-state index >= 15 is 0 Å². The highest BCUT2D eigenvalue weighted by molar-refractivity contribution is 4.64. The lowest BCUT2D eigenvalue weighted by molar-refractivity contribution is -0.133. The summed E-state index contributed by atoms with van der Waals surface area (Å²) in [5.74, 6) is 1.00. The molecule has 16 heavy (non-hydrogen) atoms. The predicted octanol–water partition coefficient (Wildman–Crippen LogP) is 2.54. The van der Waals surface area contributed by atoms with Crippen LogP contribution < -0.4 is 11.1 Å². The fraction of sp³-hybridized carbons (Fsp3) is 1.00. The molecule has 0 aromatic heterocycles. The van der Waals surface area contributed by atoms with E-state index < -0.39 is 12.6 Å². The molecule has 0 fully saturated rings. The average molecular weight is 240 g/mol. The van der Waals surface area contributed by atoms with Crippen molar-refractivity contribution in [2.45, 2.75) is 39.3 Å². The molecule has 0 saturated carbocycles. The van der Waals surface area contributed by atoms with Crippen LogP contribution in [0.25, 0.3) is 0 Å². The molecule has 0 heterocycles. The highest BCUT2D eigenvalue weighted by Crippen LogP contribution is 2.18. The number of hydrogen-bond acceptors (Lipinski definition) is 2. The van der Waals surface area contributed by atoms with E-state index in [9.17, 15) is 13.2 Å². The molecule has 5 heteroatoms. The van der Waals surface area contributed by atoms with Crippen LogP contribution in [0.4, 0.5) is 13.2 Å². The Kier molecular flexibility index (Phi) is 7.76. The standard InChI is InChI=1S/C11H23F3N2/c1-9(2)7-10(8-15)3-5-16-6-4-11(12,13)14/h9-10,16H,3-8,15H2,1-2H3. The molecule has 0 aromatic rings. The van der Waals surface area contributed by atoms with Gasteiger partial charge in [0.05, 0.1) is 6.42 Å². The number of alkyl halides is 3. The Labute approximate surface area is 95.8 Å². The fourth-order valence-corrected chi connectivity index (χ4v) is 1.66. The van der Waals surface area contributed by atoms with Gasteiger partial charge in [0.1, 0.15) is 0 Å². The van der Waals surface area contributed by atoms with E-state index in [-0.39, 0.29) is 6.54 Å². The molecule has 3 N–H and O–H groups in total. The van der Waals surface area contributed by atoms with Crippen molar-refractivity contribution >= 4 is 0 Å². The summed E-state index contributed by atoms with van der Waals surface area (Å²) in [5, 5.41) is 2.80. The van der Waals surface area contributed by atoms with Crippen LogP contribution >= 0.6 is 0 Å². The maximum atomic E-state index is 11.8. The first kappa shape index (κ1) is 15.7. The van der Waals surface area contributed by atoms with Crippen molar-refractivity contribution in [1.29, 1.82) is 0 Å². The summed E-state index contributed by atoms with van der Waals surface area (Å²) in [7, 11) is 0. The van der Waals surface area contributed by atoms with Crippen LogP contribution in [0.15, 0.2) is 0 Å². The summed E-state index contributed by atoms with van der Waals surface area (Å²) in [6.45, 7) is 5.48. The van der Waals surface area contributed by atoms with Gasteiger partial charge in [-0.25, -0.2) is 0 Å². The minimum atomic E-state index is -4.06. The summed E-state index contributed by atoms with van der Waals surface area (Å²) in [6, 6.07) is 0. The van der Waals surface area contributed by atoms with E-state index in [1.165, 1.54) is 0 Å². The Morgan fingerprint density at radius 3 is 2.25 bits per heavy atom. The first-order valence-corrected chi connectivity index (χ1v) is 5.82. The normalized spacial score (nSPS) is 14.4. The lowest BCUT2D eigenvalue weighted by atomic mass is 9.94. The topological polar surface area (TPSA) is 38.0 Å². The molecule has 0 radical (unpaired) electrons. The smallest absolute Gasteiger partial charge is 0.330 e. The molecule has 0 rings (SSSR count). The van der Waals surface area contributed by atoms with Crippen molar-refractivity contribution in [3.8, 4) is 0 Å². The minimum Gasteiger partial charge on any atom is -0.330 e. The summed E-state index contributed by atoms with van der Waals surface area (Å²) in [5.41, 5.74) is 5.60. The Hall–Kier alpha value is -0.290. The monoisotopic (exact) mass is 240 g/mol. The SMILES string of the molecule is CC(C)CC(CN)CCNCCC(F)(F)F. The molecule has 98 valence electrons. The van der Waals surface area contributed by atoms with Gasteiger partial charge in [0.25, 0.3) is 0 Å². The molecule has 2 nitrogen and oxygen atoms in total. The molecule has 0 saturated heterocycles. The average Bonchev–Trinajstić information content (AvgIpc) is 2.13. The highest BCUT2D eigenvalue weighted by Gasteiger charge is 2.25. The van der Waals surface area contributed by atoms with Crippen LogP contribution in [0.3, 0.4) is 0 Å². The molecular weight excluding hydrogens is 217 g/mol. The van der Waals surface area contributed by atoms with Crippen LogP contribution in [0.1, 0.15) is 33.1 Å². The maximum Gasteiger partial charge on any atom is 0.390 e. The van der Waals surface area contributed by atoms with E-state index in [4.69, 9.17) is 5.73 Å². The number of hydrogen-bond donors (Lipinski definition) is 2. The van der Waals surface area contributed by atoms with E-state index in [1.807, 2.05) is 0 Å². The summed E-state index contributed by atoms with van der Waals surface area (Å²) < 4.78 is 35.5. The number of rotatable bonds is 8. The fourth-order valence-electron chi connectivity index (χ4n) is 1.66. The molecule has 1 atom stereocenters. The largest absolute Gasteiger partial charge is 0.390 e. The second-order valence-electron chi connectivity index (χ2n) is 4.64. The van der Waals surface area contributed by atoms with Crippen molar-refractivity contribution in [2.24, 2.45) is 17.6 Å². The third-order valence-corrected chi connectivity index (χ3v) is 2.45. The van der Waals surface area contributed by atoms with Crippen LogP contribution in [0.2, 0.25) is 0 Å². The Morgan fingerprint density at radius 1 is 1.19 bits per heavy atom. The van der Waals surface area contributed by atoms with Gasteiger partial charge in [-0.1, -0.05) is 13.8 Å². The summed E-state index contributed by atoms with van der Waals surface area (Å²) in [4.78, 5) is 0.